The predicted octanol–water partition coefficient (Wildman–Crippen LogP) is 0.567. The summed E-state index contributed by atoms with van der Waals surface area (Å²) in [5.74, 6) is 0. The third-order valence-corrected chi connectivity index (χ3v) is 3.67. The zero-order chi connectivity index (χ0) is 15.5. The summed E-state index contributed by atoms with van der Waals surface area (Å²) >= 11 is 0. The number of nitrogens with zero attached hydrogens (tertiary/aromatic N) is 1. The monoisotopic (exact) mass is 301 g/mol. The SMILES string of the molecule is CC(C=O)N(Nc1cccc(S(C)(=O)=O)c1N)C(=O)O. The highest BCUT2D eigenvalue weighted by atomic mass is 32.2. The van der Waals surface area contributed by atoms with Crippen LogP contribution < -0.4 is 11.2 Å². The molecular weight excluding hydrogens is 286 g/mol. The summed E-state index contributed by atoms with van der Waals surface area (Å²) in [5.41, 5.74) is 8.11. The Bertz CT molecular complexity index is 629. The summed E-state index contributed by atoms with van der Waals surface area (Å²) < 4.78 is 23.0. The lowest BCUT2D eigenvalue weighted by Gasteiger charge is -2.25. The second-order valence-corrected chi connectivity index (χ2v) is 6.11. The van der Waals surface area contributed by atoms with Gasteiger partial charge in [-0.05, 0) is 19.1 Å². The lowest BCUT2D eigenvalue weighted by atomic mass is 10.3. The highest BCUT2D eigenvalue weighted by molar-refractivity contribution is 7.90. The number of rotatable bonds is 5. The maximum Gasteiger partial charge on any atom is 0.426 e. The van der Waals surface area contributed by atoms with Crippen molar-refractivity contribution in [1.29, 1.82) is 0 Å². The molecule has 0 aliphatic carbocycles. The van der Waals surface area contributed by atoms with E-state index < -0.39 is 22.0 Å². The number of hydrogen-bond donors (Lipinski definition) is 3. The first kappa shape index (κ1) is 15.8. The van der Waals surface area contributed by atoms with E-state index in [4.69, 9.17) is 10.8 Å². The van der Waals surface area contributed by atoms with Crippen LogP contribution in [0.25, 0.3) is 0 Å². The average molecular weight is 301 g/mol. The minimum atomic E-state index is -3.54. The van der Waals surface area contributed by atoms with Gasteiger partial charge in [0.05, 0.1) is 16.3 Å². The van der Waals surface area contributed by atoms with E-state index in [9.17, 15) is 18.0 Å². The van der Waals surface area contributed by atoms with Crippen LogP contribution in [-0.4, -0.2) is 43.2 Å². The van der Waals surface area contributed by atoms with Crippen LogP contribution >= 0.6 is 0 Å². The number of carbonyl (C=O) groups is 2. The molecule has 20 heavy (non-hydrogen) atoms. The quantitative estimate of drug-likeness (QED) is 0.411. The van der Waals surface area contributed by atoms with Crippen LogP contribution in [0.5, 0.6) is 0 Å². The number of carbonyl (C=O) groups excluding carboxylic acids is 1. The van der Waals surface area contributed by atoms with Crippen molar-refractivity contribution in [3.8, 4) is 0 Å². The van der Waals surface area contributed by atoms with Gasteiger partial charge in [0.25, 0.3) is 0 Å². The maximum absolute atomic E-state index is 11.5. The molecule has 1 rings (SSSR count). The number of nitrogens with one attached hydrogen (secondary N) is 1. The van der Waals surface area contributed by atoms with Gasteiger partial charge in [-0.15, -0.1) is 0 Å². The molecule has 1 aromatic carbocycles. The largest absolute Gasteiger partial charge is 0.464 e. The van der Waals surface area contributed by atoms with Crippen molar-refractivity contribution in [2.75, 3.05) is 17.4 Å². The number of amides is 1. The van der Waals surface area contributed by atoms with Gasteiger partial charge < -0.3 is 15.6 Å². The Morgan fingerprint density at radius 3 is 2.55 bits per heavy atom. The molecule has 1 unspecified atom stereocenters. The molecule has 0 spiro atoms. The summed E-state index contributed by atoms with van der Waals surface area (Å²) in [7, 11) is -3.54. The van der Waals surface area contributed by atoms with E-state index in [1.54, 1.807) is 0 Å². The minimum Gasteiger partial charge on any atom is -0.464 e. The topological polar surface area (TPSA) is 130 Å². The number of hydrazine groups is 1. The second kappa shape index (κ2) is 5.78. The van der Waals surface area contributed by atoms with E-state index >= 15 is 0 Å². The maximum atomic E-state index is 11.5. The van der Waals surface area contributed by atoms with Gasteiger partial charge in [0.1, 0.15) is 12.3 Å². The summed E-state index contributed by atoms with van der Waals surface area (Å²) in [4.78, 5) is 21.6. The minimum absolute atomic E-state index is 0.0871. The van der Waals surface area contributed by atoms with Crippen molar-refractivity contribution in [2.24, 2.45) is 0 Å². The summed E-state index contributed by atoms with van der Waals surface area (Å²) in [5, 5.41) is 9.63. The van der Waals surface area contributed by atoms with Crippen LogP contribution in [0.4, 0.5) is 16.2 Å². The van der Waals surface area contributed by atoms with Gasteiger partial charge in [-0.2, -0.15) is 0 Å². The fraction of sp³-hybridized carbons (Fsp3) is 0.273. The Morgan fingerprint density at radius 2 is 2.10 bits per heavy atom. The van der Waals surface area contributed by atoms with E-state index in [1.165, 1.54) is 25.1 Å². The number of sulfone groups is 1. The van der Waals surface area contributed by atoms with Gasteiger partial charge in [0.2, 0.25) is 0 Å². The molecule has 8 nitrogen and oxygen atoms in total. The highest BCUT2D eigenvalue weighted by Gasteiger charge is 2.21. The molecule has 0 aliphatic heterocycles. The molecule has 1 atom stereocenters. The third-order valence-electron chi connectivity index (χ3n) is 2.52. The molecule has 0 radical (unpaired) electrons. The third kappa shape index (κ3) is 3.38. The van der Waals surface area contributed by atoms with Crippen LogP contribution in [0.2, 0.25) is 0 Å². The van der Waals surface area contributed by atoms with E-state index in [1.807, 2.05) is 0 Å². The summed E-state index contributed by atoms with van der Waals surface area (Å²) in [6.45, 7) is 1.37. The van der Waals surface area contributed by atoms with Crippen molar-refractivity contribution in [3.63, 3.8) is 0 Å². The summed E-state index contributed by atoms with van der Waals surface area (Å²) in [6, 6.07) is 3.18. The Morgan fingerprint density at radius 1 is 1.50 bits per heavy atom. The molecule has 110 valence electrons. The normalized spacial score (nSPS) is 12.5. The Balaban J connectivity index is 3.21. The number of aldehydes is 1. The molecule has 0 bridgehead atoms. The van der Waals surface area contributed by atoms with Crippen LogP contribution in [0.1, 0.15) is 6.92 Å². The average Bonchev–Trinajstić information content (AvgIpc) is 2.34. The van der Waals surface area contributed by atoms with Crippen molar-refractivity contribution >= 4 is 33.6 Å². The molecule has 1 amide bonds. The molecule has 0 fully saturated rings. The van der Waals surface area contributed by atoms with Crippen LogP contribution in [0.3, 0.4) is 0 Å². The zero-order valence-corrected chi connectivity index (χ0v) is 11.7. The van der Waals surface area contributed by atoms with Crippen molar-refractivity contribution in [2.45, 2.75) is 17.9 Å². The molecule has 0 aliphatic rings. The van der Waals surface area contributed by atoms with Crippen LogP contribution in [0.15, 0.2) is 23.1 Å². The standard InChI is InChI=1S/C11H15N3O5S/c1-7(6-15)14(11(16)17)13-8-4-3-5-9(10(8)12)20(2,18)19/h3-7,13H,12H2,1-2H3,(H,16,17). The smallest absolute Gasteiger partial charge is 0.426 e. The Labute approximate surface area is 116 Å². The first-order valence-corrected chi connectivity index (χ1v) is 7.40. The van der Waals surface area contributed by atoms with Crippen molar-refractivity contribution in [1.82, 2.24) is 5.01 Å². The Hall–Kier alpha value is -2.29. The van der Waals surface area contributed by atoms with Crippen LogP contribution in [0, 0.1) is 0 Å². The van der Waals surface area contributed by atoms with E-state index in [2.05, 4.69) is 5.43 Å². The molecule has 0 heterocycles. The van der Waals surface area contributed by atoms with Crippen molar-refractivity contribution in [3.05, 3.63) is 18.2 Å². The first-order chi connectivity index (χ1) is 9.18. The van der Waals surface area contributed by atoms with E-state index in [0.29, 0.717) is 11.3 Å². The van der Waals surface area contributed by atoms with Gasteiger partial charge in [-0.3, -0.25) is 5.43 Å². The number of benzene rings is 1. The number of nitrogens with two attached hydrogens (primary N) is 1. The number of anilines is 2. The van der Waals surface area contributed by atoms with Gasteiger partial charge >= 0.3 is 6.09 Å². The van der Waals surface area contributed by atoms with Crippen molar-refractivity contribution < 1.29 is 23.1 Å². The molecule has 1 aromatic rings. The van der Waals surface area contributed by atoms with Crippen LogP contribution in [-0.2, 0) is 14.6 Å². The highest BCUT2D eigenvalue weighted by Crippen LogP contribution is 2.27. The van der Waals surface area contributed by atoms with E-state index in [0.717, 1.165) is 6.26 Å². The first-order valence-electron chi connectivity index (χ1n) is 5.51. The molecule has 0 saturated carbocycles. The molecule has 4 N–H and O–H groups in total. The number of carboxylic acid groups (broad SMARTS) is 1. The second-order valence-electron chi connectivity index (χ2n) is 4.13. The lowest BCUT2D eigenvalue weighted by molar-refractivity contribution is -0.111. The van der Waals surface area contributed by atoms with Gasteiger partial charge in [-0.1, -0.05) is 6.07 Å². The fourth-order valence-electron chi connectivity index (χ4n) is 1.48. The van der Waals surface area contributed by atoms with Gasteiger partial charge in [0, 0.05) is 6.26 Å². The Kier molecular flexibility index (Phi) is 4.56. The lowest BCUT2D eigenvalue weighted by Crippen LogP contribution is -2.43. The molecule has 0 aromatic heterocycles. The fourth-order valence-corrected chi connectivity index (χ4v) is 2.31. The zero-order valence-electron chi connectivity index (χ0n) is 10.9. The van der Waals surface area contributed by atoms with Gasteiger partial charge in [-0.25, -0.2) is 18.2 Å². The number of para-hydroxylation sites is 1. The molecule has 0 saturated heterocycles. The van der Waals surface area contributed by atoms with E-state index in [-0.39, 0.29) is 16.3 Å². The number of nitrogen functional groups attached to an aromatic ring is 1. The molecular formula is C11H15N3O5S. The summed E-state index contributed by atoms with van der Waals surface area (Å²) in [6.07, 6.45) is 0.0252. The van der Waals surface area contributed by atoms with Gasteiger partial charge in [0.15, 0.2) is 9.84 Å². The number of hydrogen-bond acceptors (Lipinski definition) is 6. The molecule has 9 heteroatoms. The predicted molar refractivity (Wildman–Crippen MR) is 73.0 cm³/mol.